The molecule has 53 heavy (non-hydrogen) atoms. The van der Waals surface area contributed by atoms with E-state index in [4.69, 9.17) is 8.92 Å². The SMILES string of the molecule is O=S(=O)(O)c1c(F)c(F)c(OC23CC4CC(C2)CC(OS(=O)(=O)c2c(C5CCCCC5)cc(C5CCCCC5)cc2C2CCCCC2)(C4)C3)c(F)c1F. The van der Waals surface area contributed by atoms with Gasteiger partial charge < -0.3 is 4.74 Å². The van der Waals surface area contributed by atoms with E-state index < -0.39 is 65.4 Å². The molecule has 7 fully saturated rings. The fraction of sp³-hybridized carbons (Fsp3) is 0.700. The van der Waals surface area contributed by atoms with Gasteiger partial charge in [-0.3, -0.25) is 8.74 Å². The first-order chi connectivity index (χ1) is 25.2. The van der Waals surface area contributed by atoms with Gasteiger partial charge in [0.1, 0.15) is 10.5 Å². The van der Waals surface area contributed by atoms with E-state index in [2.05, 4.69) is 12.1 Å². The molecule has 0 radical (unpaired) electrons. The average Bonchev–Trinajstić information content (AvgIpc) is 3.11. The lowest BCUT2D eigenvalue weighted by molar-refractivity contribution is -0.177. The minimum atomic E-state index is -5.64. The van der Waals surface area contributed by atoms with Gasteiger partial charge in [0.05, 0.1) is 5.60 Å². The number of hydrogen-bond donors (Lipinski definition) is 1. The van der Waals surface area contributed by atoms with Crippen molar-refractivity contribution in [3.63, 3.8) is 0 Å². The van der Waals surface area contributed by atoms with Crippen LogP contribution in [0.4, 0.5) is 17.6 Å². The molecule has 0 amide bonds. The maximum Gasteiger partial charge on any atom is 0.300 e. The van der Waals surface area contributed by atoms with Crippen molar-refractivity contribution in [1.29, 1.82) is 0 Å². The summed E-state index contributed by atoms with van der Waals surface area (Å²) < 4.78 is 136. The Bertz CT molecular complexity index is 1880. The first-order valence-electron chi connectivity index (χ1n) is 19.8. The van der Waals surface area contributed by atoms with Crippen molar-refractivity contribution in [1.82, 2.24) is 0 Å². The molecule has 4 bridgehead atoms. The molecule has 13 heteroatoms. The molecule has 1 N–H and O–H groups in total. The summed E-state index contributed by atoms with van der Waals surface area (Å²) in [7, 11) is -10.0. The summed E-state index contributed by atoms with van der Waals surface area (Å²) in [6.45, 7) is 0. The van der Waals surface area contributed by atoms with Crippen LogP contribution in [-0.2, 0) is 24.4 Å². The van der Waals surface area contributed by atoms with E-state index in [-0.39, 0.29) is 42.9 Å². The molecular formula is C40H50F4O7S2. The van der Waals surface area contributed by atoms with E-state index in [9.17, 15) is 21.8 Å². The van der Waals surface area contributed by atoms with E-state index in [1.54, 1.807) is 0 Å². The third-order valence-corrected chi connectivity index (χ3v) is 16.0. The third kappa shape index (κ3) is 7.07. The Morgan fingerprint density at radius 3 is 1.47 bits per heavy atom. The minimum absolute atomic E-state index is 0.0773. The monoisotopic (exact) mass is 782 g/mol. The van der Waals surface area contributed by atoms with Gasteiger partial charge in [0.25, 0.3) is 10.1 Å². The molecule has 7 aliphatic rings. The zero-order valence-corrected chi connectivity index (χ0v) is 31.7. The fourth-order valence-electron chi connectivity index (χ4n) is 11.8. The molecule has 2 aromatic carbocycles. The second-order valence-corrected chi connectivity index (χ2v) is 20.2. The molecule has 7 nitrogen and oxygen atoms in total. The van der Waals surface area contributed by atoms with E-state index in [0.717, 1.165) is 107 Å². The number of halogens is 4. The largest absolute Gasteiger partial charge is 0.481 e. The minimum Gasteiger partial charge on any atom is -0.481 e. The summed E-state index contributed by atoms with van der Waals surface area (Å²) in [5.41, 5.74) is 0.312. The molecule has 0 heterocycles. The summed E-state index contributed by atoms with van der Waals surface area (Å²) in [6, 6.07) is 4.37. The Morgan fingerprint density at radius 2 is 1.02 bits per heavy atom. The normalized spacial score (nSPS) is 30.2. The molecule has 7 aliphatic carbocycles. The standard InChI is InChI=1S/C40H50F4O7S2/c41-32-34(43)38(52(45,46)47)35(44)33(42)36(32)50-39-19-24-16-25(20-39)22-40(21-24,23-39)51-53(48,49)37-30(27-12-6-2-7-13-27)17-29(26-10-4-1-5-11-26)18-31(37)28-14-8-3-9-15-28/h17-18,24-28H,1-16,19-23H2,(H,45,46,47). The van der Waals surface area contributed by atoms with Crippen LogP contribution in [0.3, 0.4) is 0 Å². The molecule has 2 aromatic rings. The quantitative estimate of drug-likeness (QED) is 0.117. The highest BCUT2D eigenvalue weighted by molar-refractivity contribution is 7.87. The van der Waals surface area contributed by atoms with Crippen LogP contribution < -0.4 is 4.74 Å². The Balaban J connectivity index is 1.19. The zero-order valence-electron chi connectivity index (χ0n) is 30.1. The Labute approximate surface area is 310 Å². The van der Waals surface area contributed by atoms with Crippen molar-refractivity contribution in [3.8, 4) is 5.75 Å². The summed E-state index contributed by atoms with van der Waals surface area (Å²) in [5.74, 6) is -9.85. The molecule has 292 valence electrons. The molecule has 2 atom stereocenters. The predicted octanol–water partition coefficient (Wildman–Crippen LogP) is 10.5. The summed E-state index contributed by atoms with van der Waals surface area (Å²) in [4.78, 5) is -1.82. The van der Waals surface area contributed by atoms with E-state index in [1.165, 1.54) is 12.0 Å². The van der Waals surface area contributed by atoms with Crippen molar-refractivity contribution in [3.05, 3.63) is 52.1 Å². The van der Waals surface area contributed by atoms with Gasteiger partial charge in [0, 0.05) is 6.42 Å². The zero-order chi connectivity index (χ0) is 37.3. The first-order valence-corrected chi connectivity index (χ1v) is 22.7. The highest BCUT2D eigenvalue weighted by Gasteiger charge is 2.62. The lowest BCUT2D eigenvalue weighted by Crippen LogP contribution is -2.62. The Hall–Kier alpha value is -2.22. The maximum atomic E-state index is 15.3. The molecule has 0 aromatic heterocycles. The van der Waals surface area contributed by atoms with Gasteiger partial charge in [-0.1, -0.05) is 69.9 Å². The first kappa shape index (κ1) is 37.7. The van der Waals surface area contributed by atoms with Crippen LogP contribution in [0, 0.1) is 35.1 Å². The van der Waals surface area contributed by atoms with Gasteiger partial charge >= 0.3 is 10.1 Å². The van der Waals surface area contributed by atoms with Gasteiger partial charge in [0.15, 0.2) is 22.3 Å². The highest BCUT2D eigenvalue weighted by atomic mass is 32.2. The fourth-order valence-corrected chi connectivity index (χ4v) is 14.2. The summed E-state index contributed by atoms with van der Waals surface area (Å²) >= 11 is 0. The van der Waals surface area contributed by atoms with Crippen LogP contribution in [-0.4, -0.2) is 32.6 Å². The smallest absolute Gasteiger partial charge is 0.300 e. The third-order valence-electron chi connectivity index (χ3n) is 13.6. The highest BCUT2D eigenvalue weighted by Crippen LogP contribution is 2.61. The van der Waals surface area contributed by atoms with Crippen LogP contribution in [0.1, 0.15) is 169 Å². The van der Waals surface area contributed by atoms with Gasteiger partial charge in [-0.25, -0.2) is 8.78 Å². The van der Waals surface area contributed by atoms with Gasteiger partial charge in [-0.05, 0) is 117 Å². The Kier molecular flexibility index (Phi) is 10.0. The van der Waals surface area contributed by atoms with Crippen molar-refractivity contribution >= 4 is 20.2 Å². The number of ether oxygens (including phenoxy) is 1. The second-order valence-electron chi connectivity index (χ2n) is 17.4. The molecule has 7 saturated carbocycles. The van der Waals surface area contributed by atoms with E-state index in [0.29, 0.717) is 23.7 Å². The van der Waals surface area contributed by atoms with Crippen LogP contribution in [0.15, 0.2) is 21.9 Å². The van der Waals surface area contributed by atoms with E-state index >= 15 is 17.2 Å². The average molecular weight is 783 g/mol. The van der Waals surface area contributed by atoms with E-state index in [1.807, 2.05) is 0 Å². The topological polar surface area (TPSA) is 107 Å². The van der Waals surface area contributed by atoms with Crippen molar-refractivity contribution in [2.75, 3.05) is 0 Å². The van der Waals surface area contributed by atoms with Crippen molar-refractivity contribution in [2.24, 2.45) is 11.8 Å². The maximum absolute atomic E-state index is 15.3. The van der Waals surface area contributed by atoms with Crippen LogP contribution in [0.25, 0.3) is 0 Å². The summed E-state index contributed by atoms with van der Waals surface area (Å²) in [6.07, 6.45) is 17.7. The van der Waals surface area contributed by atoms with Crippen LogP contribution in [0.5, 0.6) is 5.75 Å². The lowest BCUT2D eigenvalue weighted by atomic mass is 9.52. The van der Waals surface area contributed by atoms with Gasteiger partial charge in [-0.15, -0.1) is 0 Å². The molecule has 0 spiro atoms. The van der Waals surface area contributed by atoms with Crippen molar-refractivity contribution < 1.29 is 47.9 Å². The number of benzene rings is 2. The molecule has 9 rings (SSSR count). The second kappa shape index (κ2) is 14.1. The summed E-state index contributed by atoms with van der Waals surface area (Å²) in [5, 5.41) is 0. The predicted molar refractivity (Wildman–Crippen MR) is 189 cm³/mol. The molecule has 0 saturated heterocycles. The van der Waals surface area contributed by atoms with Crippen molar-refractivity contribution in [2.45, 2.75) is 174 Å². The van der Waals surface area contributed by atoms with Crippen LogP contribution >= 0.6 is 0 Å². The van der Waals surface area contributed by atoms with Gasteiger partial charge in [-0.2, -0.15) is 25.6 Å². The van der Waals surface area contributed by atoms with Gasteiger partial charge in [0.2, 0.25) is 11.6 Å². The number of rotatable bonds is 9. The van der Waals surface area contributed by atoms with Crippen LogP contribution in [0.2, 0.25) is 0 Å². The lowest BCUT2D eigenvalue weighted by Gasteiger charge is -2.60. The molecule has 0 aliphatic heterocycles. The Morgan fingerprint density at radius 1 is 0.585 bits per heavy atom. The number of hydrogen-bond acceptors (Lipinski definition) is 6. The molecular weight excluding hydrogens is 733 g/mol. The molecule has 2 unspecified atom stereocenters.